The minimum atomic E-state index is -4.41. The summed E-state index contributed by atoms with van der Waals surface area (Å²) >= 11 is 0. The van der Waals surface area contributed by atoms with Crippen LogP contribution in [0.1, 0.15) is 226 Å². The van der Waals surface area contributed by atoms with Gasteiger partial charge in [-0.2, -0.15) is 8.42 Å². The maximum absolute atomic E-state index is 12.6. The van der Waals surface area contributed by atoms with Gasteiger partial charge >= 0.3 is 0 Å². The van der Waals surface area contributed by atoms with Crippen LogP contribution in [0.5, 0.6) is 0 Å². The molecule has 0 aliphatic rings. The predicted molar refractivity (Wildman–Crippen MR) is 222 cm³/mol. The number of carbonyl (C=O) groups excluding carboxylic acids is 1. The van der Waals surface area contributed by atoms with Crippen molar-refractivity contribution in [1.82, 2.24) is 5.32 Å². The van der Waals surface area contributed by atoms with E-state index in [2.05, 4.69) is 43.5 Å². The lowest BCUT2D eigenvalue weighted by atomic mass is 10.0. The number of amides is 1. The number of rotatable bonds is 40. The molecule has 0 fully saturated rings. The first-order valence-corrected chi connectivity index (χ1v) is 23.7. The zero-order valence-corrected chi connectivity index (χ0v) is 34.9. The van der Waals surface area contributed by atoms with Gasteiger partial charge in [0.1, 0.15) is 6.10 Å². The molecule has 0 aromatic rings. The summed E-state index contributed by atoms with van der Waals surface area (Å²) in [7, 11) is -4.41. The van der Waals surface area contributed by atoms with Gasteiger partial charge < -0.3 is 15.5 Å². The van der Waals surface area contributed by atoms with Crippen molar-refractivity contribution in [2.75, 3.05) is 5.75 Å². The minimum Gasteiger partial charge on any atom is -0.391 e. The summed E-state index contributed by atoms with van der Waals surface area (Å²) in [5.41, 5.74) is 0. The third kappa shape index (κ3) is 37.1. The zero-order valence-electron chi connectivity index (χ0n) is 34.1. The van der Waals surface area contributed by atoms with Crippen LogP contribution in [-0.4, -0.2) is 53.1 Å². The molecule has 0 aromatic heterocycles. The van der Waals surface area contributed by atoms with Gasteiger partial charge in [0.05, 0.1) is 17.9 Å². The number of allylic oxidation sites excluding steroid dienone is 4. The molecule has 7 nitrogen and oxygen atoms in total. The Labute approximate surface area is 322 Å². The van der Waals surface area contributed by atoms with E-state index in [1.807, 2.05) is 0 Å². The van der Waals surface area contributed by atoms with Gasteiger partial charge in [-0.25, -0.2) is 0 Å². The van der Waals surface area contributed by atoms with Crippen LogP contribution in [0.2, 0.25) is 0 Å². The highest BCUT2D eigenvalue weighted by molar-refractivity contribution is 7.85. The molecule has 0 spiro atoms. The number of carbonyl (C=O) groups is 1. The van der Waals surface area contributed by atoms with Crippen molar-refractivity contribution in [3.8, 4) is 0 Å². The quantitative estimate of drug-likeness (QED) is 0.0280. The van der Waals surface area contributed by atoms with E-state index >= 15 is 0 Å². The van der Waals surface area contributed by atoms with Crippen molar-refractivity contribution in [1.29, 1.82) is 0 Å². The lowest BCUT2D eigenvalue weighted by Crippen LogP contribution is -2.50. The fourth-order valence-electron chi connectivity index (χ4n) is 6.84. The Morgan fingerprint density at radius 2 is 0.865 bits per heavy atom. The van der Waals surface area contributed by atoms with Gasteiger partial charge in [-0.1, -0.05) is 205 Å². The van der Waals surface area contributed by atoms with Gasteiger partial charge in [0.15, 0.2) is 0 Å². The molecule has 3 unspecified atom stereocenters. The molecule has 4 N–H and O–H groups in total. The highest BCUT2D eigenvalue weighted by Crippen LogP contribution is 2.17. The number of hydrogen-bond acceptors (Lipinski definition) is 5. The lowest BCUT2D eigenvalue weighted by Gasteiger charge is -2.24. The average Bonchev–Trinajstić information content (AvgIpc) is 3.11. The van der Waals surface area contributed by atoms with Crippen LogP contribution in [0, 0.1) is 0 Å². The van der Waals surface area contributed by atoms with E-state index in [1.54, 1.807) is 0 Å². The van der Waals surface area contributed by atoms with Crippen molar-refractivity contribution in [2.45, 2.75) is 244 Å². The van der Waals surface area contributed by atoms with Crippen molar-refractivity contribution in [3.05, 3.63) is 24.3 Å². The smallest absolute Gasteiger partial charge is 0.266 e. The Morgan fingerprint density at radius 3 is 1.29 bits per heavy atom. The van der Waals surface area contributed by atoms with Crippen LogP contribution in [0.3, 0.4) is 0 Å². The van der Waals surface area contributed by atoms with E-state index in [0.29, 0.717) is 19.3 Å². The van der Waals surface area contributed by atoms with Crippen LogP contribution >= 0.6 is 0 Å². The molecule has 0 bridgehead atoms. The van der Waals surface area contributed by atoms with Crippen LogP contribution in [0.25, 0.3) is 0 Å². The minimum absolute atomic E-state index is 0.286. The van der Waals surface area contributed by atoms with Crippen LogP contribution in [0.15, 0.2) is 24.3 Å². The van der Waals surface area contributed by atoms with E-state index in [9.17, 15) is 28.0 Å². The molecule has 0 saturated heterocycles. The molecule has 1 amide bonds. The van der Waals surface area contributed by atoms with Crippen LogP contribution < -0.4 is 5.32 Å². The first kappa shape index (κ1) is 50.8. The van der Waals surface area contributed by atoms with Gasteiger partial charge in [0.25, 0.3) is 10.1 Å². The van der Waals surface area contributed by atoms with Gasteiger partial charge in [0.2, 0.25) is 5.91 Å². The third-order valence-corrected chi connectivity index (χ3v) is 11.0. The van der Waals surface area contributed by atoms with Gasteiger partial charge in [-0.3, -0.25) is 9.35 Å². The Bertz CT molecular complexity index is 937. The van der Waals surface area contributed by atoms with Gasteiger partial charge in [-0.15, -0.1) is 0 Å². The summed E-state index contributed by atoms with van der Waals surface area (Å²) in [4.78, 5) is 12.6. The first-order chi connectivity index (χ1) is 25.2. The molecule has 8 heteroatoms. The number of aliphatic hydroxyl groups is 2. The Hall–Kier alpha value is -1.22. The summed E-state index contributed by atoms with van der Waals surface area (Å²) in [5.74, 6) is -1.46. The second-order valence-electron chi connectivity index (χ2n) is 15.5. The Morgan fingerprint density at radius 1 is 0.519 bits per heavy atom. The van der Waals surface area contributed by atoms with E-state index in [0.717, 1.165) is 57.8 Å². The fraction of sp³-hybridized carbons (Fsp3) is 0.886. The standard InChI is InChI=1S/C44H85NO6S/c1-3-5-7-9-11-13-15-17-19-21-22-23-25-26-28-30-32-34-36-38-42(46)41(40-52(49,50)51)45-44(48)43(47)39-37-35-33-31-29-27-24-20-18-16-14-12-10-8-6-4-2/h12,14,18,20,41-43,46-47H,3-11,13,15-17,19,21-40H2,1-2H3,(H,45,48)(H,49,50,51)/b14-12-,20-18-. The largest absolute Gasteiger partial charge is 0.391 e. The third-order valence-electron chi connectivity index (χ3n) is 10.3. The molecular formula is C44H85NO6S. The monoisotopic (exact) mass is 756 g/mol. The van der Waals surface area contributed by atoms with Crippen LogP contribution in [0.4, 0.5) is 0 Å². The summed E-state index contributed by atoms with van der Waals surface area (Å²) in [5, 5.41) is 23.6. The Kier molecular flexibility index (Phi) is 37.2. The fourth-order valence-corrected chi connectivity index (χ4v) is 7.60. The molecule has 308 valence electrons. The summed E-state index contributed by atoms with van der Waals surface area (Å²) < 4.78 is 32.6. The molecule has 0 rings (SSSR count). The van der Waals surface area contributed by atoms with Crippen LogP contribution in [-0.2, 0) is 14.9 Å². The second-order valence-corrected chi connectivity index (χ2v) is 17.0. The highest BCUT2D eigenvalue weighted by Gasteiger charge is 2.28. The summed E-state index contributed by atoms with van der Waals surface area (Å²) in [6.07, 6.45) is 44.8. The molecular weight excluding hydrogens is 671 g/mol. The molecule has 0 radical (unpaired) electrons. The molecule has 3 atom stereocenters. The zero-order chi connectivity index (χ0) is 38.4. The van der Waals surface area contributed by atoms with E-state index < -0.39 is 40.0 Å². The number of nitrogens with one attached hydrogen (secondary N) is 1. The highest BCUT2D eigenvalue weighted by atomic mass is 32.2. The number of aliphatic hydroxyl groups excluding tert-OH is 2. The molecule has 52 heavy (non-hydrogen) atoms. The van der Waals surface area contributed by atoms with Crippen molar-refractivity contribution >= 4 is 16.0 Å². The van der Waals surface area contributed by atoms with Crippen molar-refractivity contribution < 1.29 is 28.0 Å². The normalized spacial score (nSPS) is 14.0. The van der Waals surface area contributed by atoms with E-state index in [-0.39, 0.29) is 6.42 Å². The summed E-state index contributed by atoms with van der Waals surface area (Å²) in [6.45, 7) is 4.50. The average molecular weight is 756 g/mol. The topological polar surface area (TPSA) is 124 Å². The molecule has 0 saturated carbocycles. The molecule has 0 aromatic carbocycles. The predicted octanol–water partition coefficient (Wildman–Crippen LogP) is 12.1. The van der Waals surface area contributed by atoms with Gasteiger partial charge in [0, 0.05) is 0 Å². The maximum atomic E-state index is 12.6. The van der Waals surface area contributed by atoms with Crippen molar-refractivity contribution in [2.24, 2.45) is 0 Å². The SMILES string of the molecule is CCCCC/C=C\C/C=C\CCCCCCCCC(O)C(=O)NC(CS(=O)(=O)O)C(O)CCCCCCCCCCCCCCCCCCCCC. The van der Waals surface area contributed by atoms with E-state index in [4.69, 9.17) is 0 Å². The molecule has 0 aliphatic carbocycles. The van der Waals surface area contributed by atoms with Crippen molar-refractivity contribution in [3.63, 3.8) is 0 Å². The van der Waals surface area contributed by atoms with E-state index in [1.165, 1.54) is 128 Å². The Balaban J connectivity index is 3.94. The maximum Gasteiger partial charge on any atom is 0.266 e. The first-order valence-electron chi connectivity index (χ1n) is 22.1. The summed E-state index contributed by atoms with van der Waals surface area (Å²) in [6, 6.07) is -1.15. The second kappa shape index (κ2) is 38.1. The number of unbranched alkanes of at least 4 members (excludes halogenated alkanes) is 27. The molecule has 0 aliphatic heterocycles. The lowest BCUT2D eigenvalue weighted by molar-refractivity contribution is -0.131. The molecule has 0 heterocycles. The number of hydrogen-bond donors (Lipinski definition) is 4. The van der Waals surface area contributed by atoms with Gasteiger partial charge in [-0.05, 0) is 44.9 Å².